The van der Waals surface area contributed by atoms with Crippen LogP contribution in [0.25, 0.3) is 0 Å². The molecule has 0 saturated heterocycles. The lowest BCUT2D eigenvalue weighted by atomic mass is 10.3. The third-order valence-electron chi connectivity index (χ3n) is 1.69. The molecule has 1 aromatic carbocycles. The largest absolute Gasteiger partial charge is 0.276 e. The Morgan fingerprint density at radius 2 is 1.87 bits per heavy atom. The summed E-state index contributed by atoms with van der Waals surface area (Å²) >= 11 is 17.7. The number of hydrogen-bond acceptors (Lipinski definition) is 2. The molecular weight excluding hydrogens is 254 g/mol. The lowest BCUT2D eigenvalue weighted by Crippen LogP contribution is -1.91. The number of rotatable bonds is 4. The predicted octanol–water partition coefficient (Wildman–Crippen LogP) is 4.84. The average Bonchev–Trinajstić information content (AvgIpc) is 2.15. The standard InChI is InChI=1S/C10H11Cl3N2/c1-2-3-4-14-15-10-8(12)5-7(11)6-9(10)13/h4-6,15H,2-3H2,1H3/b14-4+. The molecule has 0 heterocycles. The Morgan fingerprint density at radius 1 is 1.27 bits per heavy atom. The molecule has 0 bridgehead atoms. The molecule has 0 atom stereocenters. The molecule has 15 heavy (non-hydrogen) atoms. The van der Waals surface area contributed by atoms with Gasteiger partial charge in [-0.25, -0.2) is 0 Å². The van der Waals surface area contributed by atoms with Gasteiger partial charge in [0.25, 0.3) is 0 Å². The highest BCUT2D eigenvalue weighted by Gasteiger charge is 2.06. The van der Waals surface area contributed by atoms with Gasteiger partial charge in [-0.05, 0) is 18.6 Å². The van der Waals surface area contributed by atoms with Crippen LogP contribution >= 0.6 is 34.8 Å². The van der Waals surface area contributed by atoms with Gasteiger partial charge < -0.3 is 0 Å². The minimum Gasteiger partial charge on any atom is -0.276 e. The fourth-order valence-corrected chi connectivity index (χ4v) is 1.85. The second kappa shape index (κ2) is 6.21. The molecule has 0 aliphatic rings. The van der Waals surface area contributed by atoms with E-state index in [2.05, 4.69) is 17.5 Å². The summed E-state index contributed by atoms with van der Waals surface area (Å²) in [4.78, 5) is 0. The summed E-state index contributed by atoms with van der Waals surface area (Å²) in [5.41, 5.74) is 3.37. The Kier molecular flexibility index (Phi) is 5.23. The van der Waals surface area contributed by atoms with Crippen LogP contribution in [0.5, 0.6) is 0 Å². The van der Waals surface area contributed by atoms with Crippen molar-refractivity contribution in [2.75, 3.05) is 5.43 Å². The van der Waals surface area contributed by atoms with Gasteiger partial charge in [0, 0.05) is 11.2 Å². The molecule has 1 N–H and O–H groups in total. The van der Waals surface area contributed by atoms with Gasteiger partial charge in [-0.15, -0.1) is 0 Å². The molecular formula is C10H11Cl3N2. The predicted molar refractivity (Wildman–Crippen MR) is 68.5 cm³/mol. The second-order valence-corrected chi connectivity index (χ2v) is 4.21. The lowest BCUT2D eigenvalue weighted by molar-refractivity contribution is 1.00. The van der Waals surface area contributed by atoms with E-state index in [1.807, 2.05) is 0 Å². The minimum atomic E-state index is 0.459. The van der Waals surface area contributed by atoms with Crippen molar-refractivity contribution in [1.29, 1.82) is 0 Å². The molecule has 0 spiro atoms. The third-order valence-corrected chi connectivity index (χ3v) is 2.51. The zero-order valence-electron chi connectivity index (χ0n) is 8.23. The molecule has 0 aliphatic carbocycles. The number of nitrogens with zero attached hydrogens (tertiary/aromatic N) is 1. The number of unbranched alkanes of at least 4 members (excludes halogenated alkanes) is 1. The van der Waals surface area contributed by atoms with Crippen molar-refractivity contribution in [1.82, 2.24) is 0 Å². The van der Waals surface area contributed by atoms with E-state index >= 15 is 0 Å². The molecule has 0 aromatic heterocycles. The van der Waals surface area contributed by atoms with Gasteiger partial charge in [0.1, 0.15) is 0 Å². The van der Waals surface area contributed by atoms with Gasteiger partial charge in [0.05, 0.1) is 15.7 Å². The van der Waals surface area contributed by atoms with E-state index < -0.39 is 0 Å². The summed E-state index contributed by atoms with van der Waals surface area (Å²) < 4.78 is 0. The van der Waals surface area contributed by atoms with E-state index in [4.69, 9.17) is 34.8 Å². The molecule has 0 unspecified atom stereocenters. The van der Waals surface area contributed by atoms with Crippen LogP contribution in [-0.4, -0.2) is 6.21 Å². The van der Waals surface area contributed by atoms with Crippen molar-refractivity contribution in [3.05, 3.63) is 27.2 Å². The molecule has 0 radical (unpaired) electrons. The van der Waals surface area contributed by atoms with Crippen LogP contribution in [0.4, 0.5) is 5.69 Å². The van der Waals surface area contributed by atoms with E-state index in [1.165, 1.54) is 0 Å². The van der Waals surface area contributed by atoms with E-state index in [0.29, 0.717) is 20.8 Å². The van der Waals surface area contributed by atoms with Crippen LogP contribution in [0.15, 0.2) is 17.2 Å². The van der Waals surface area contributed by atoms with Crippen molar-refractivity contribution in [2.45, 2.75) is 19.8 Å². The van der Waals surface area contributed by atoms with Crippen LogP contribution in [-0.2, 0) is 0 Å². The zero-order valence-corrected chi connectivity index (χ0v) is 10.5. The monoisotopic (exact) mass is 264 g/mol. The molecule has 0 amide bonds. The Hall–Kier alpha value is -0.440. The number of nitrogens with one attached hydrogen (secondary N) is 1. The average molecular weight is 266 g/mol. The van der Waals surface area contributed by atoms with Gasteiger partial charge in [-0.2, -0.15) is 5.10 Å². The Morgan fingerprint density at radius 3 is 2.40 bits per heavy atom. The first kappa shape index (κ1) is 12.6. The SMILES string of the molecule is CCC/C=N/Nc1c(Cl)cc(Cl)cc1Cl. The first-order valence-electron chi connectivity index (χ1n) is 4.57. The summed E-state index contributed by atoms with van der Waals surface area (Å²) in [6, 6.07) is 3.24. The van der Waals surface area contributed by atoms with Crippen molar-refractivity contribution in [3.8, 4) is 0 Å². The summed E-state index contributed by atoms with van der Waals surface area (Å²) in [6.45, 7) is 2.08. The summed E-state index contributed by atoms with van der Waals surface area (Å²) in [7, 11) is 0. The van der Waals surface area contributed by atoms with Crippen molar-refractivity contribution >= 4 is 46.7 Å². The maximum Gasteiger partial charge on any atom is 0.0935 e. The topological polar surface area (TPSA) is 24.4 Å². The van der Waals surface area contributed by atoms with Crippen molar-refractivity contribution in [3.63, 3.8) is 0 Å². The highest BCUT2D eigenvalue weighted by atomic mass is 35.5. The number of benzene rings is 1. The number of hydrazone groups is 1. The molecule has 0 aliphatic heterocycles. The van der Waals surface area contributed by atoms with Crippen LogP contribution in [0.3, 0.4) is 0 Å². The maximum absolute atomic E-state index is 5.94. The summed E-state index contributed by atoms with van der Waals surface area (Å²) in [5.74, 6) is 0. The van der Waals surface area contributed by atoms with Gasteiger partial charge in [0.2, 0.25) is 0 Å². The molecule has 5 heteroatoms. The van der Waals surface area contributed by atoms with E-state index in [0.717, 1.165) is 12.8 Å². The minimum absolute atomic E-state index is 0.459. The first-order chi connectivity index (χ1) is 7.15. The lowest BCUT2D eigenvalue weighted by Gasteiger charge is -2.06. The number of anilines is 1. The normalized spacial score (nSPS) is 10.9. The molecule has 2 nitrogen and oxygen atoms in total. The number of hydrogen-bond donors (Lipinski definition) is 1. The smallest absolute Gasteiger partial charge is 0.0935 e. The number of halogens is 3. The fraction of sp³-hybridized carbons (Fsp3) is 0.300. The van der Waals surface area contributed by atoms with Crippen LogP contribution in [0.1, 0.15) is 19.8 Å². The van der Waals surface area contributed by atoms with Crippen molar-refractivity contribution in [2.24, 2.45) is 5.10 Å². The quantitative estimate of drug-likeness (QED) is 0.611. The molecule has 0 fully saturated rings. The maximum atomic E-state index is 5.94. The van der Waals surface area contributed by atoms with Crippen molar-refractivity contribution < 1.29 is 0 Å². The fourth-order valence-electron chi connectivity index (χ4n) is 0.953. The summed E-state index contributed by atoms with van der Waals surface area (Å²) in [6.07, 6.45) is 3.74. The van der Waals surface area contributed by atoms with E-state index in [9.17, 15) is 0 Å². The van der Waals surface area contributed by atoms with Crippen LogP contribution in [0, 0.1) is 0 Å². The van der Waals surface area contributed by atoms with Gasteiger partial charge in [-0.3, -0.25) is 5.43 Å². The van der Waals surface area contributed by atoms with E-state index in [-0.39, 0.29) is 0 Å². The first-order valence-corrected chi connectivity index (χ1v) is 5.70. The summed E-state index contributed by atoms with van der Waals surface area (Å²) in [5, 5.41) is 5.42. The highest BCUT2D eigenvalue weighted by Crippen LogP contribution is 2.33. The highest BCUT2D eigenvalue weighted by molar-refractivity contribution is 6.41. The van der Waals surface area contributed by atoms with E-state index in [1.54, 1.807) is 18.3 Å². The molecule has 82 valence electrons. The molecule has 0 saturated carbocycles. The van der Waals surface area contributed by atoms with Gasteiger partial charge in [0.15, 0.2) is 0 Å². The third kappa shape index (κ3) is 3.90. The Balaban J connectivity index is 2.77. The Labute approximate surface area is 104 Å². The van der Waals surface area contributed by atoms with Gasteiger partial charge >= 0.3 is 0 Å². The Bertz CT molecular complexity index is 341. The zero-order chi connectivity index (χ0) is 11.3. The van der Waals surface area contributed by atoms with Crippen LogP contribution in [0.2, 0.25) is 15.1 Å². The molecule has 1 aromatic rings. The second-order valence-electron chi connectivity index (χ2n) is 2.96. The molecule has 1 rings (SSSR count). The van der Waals surface area contributed by atoms with Gasteiger partial charge in [-0.1, -0.05) is 48.1 Å². The van der Waals surface area contributed by atoms with Crippen LogP contribution < -0.4 is 5.43 Å².